The SMILES string of the molecule is CCOc1ccc(C2C(C#N)=C(N)N(c3ncn[nH]3)C3=C2C(=O)CCC3)cc1. The molecule has 8 nitrogen and oxygen atoms in total. The third-order valence-corrected chi connectivity index (χ3v) is 5.05. The molecule has 0 saturated heterocycles. The lowest BCUT2D eigenvalue weighted by molar-refractivity contribution is -0.116. The van der Waals surface area contributed by atoms with E-state index in [9.17, 15) is 10.1 Å². The molecule has 1 aromatic heterocycles. The maximum Gasteiger partial charge on any atom is 0.231 e. The molecular weight excluding hydrogens is 356 g/mol. The number of nitrogens with two attached hydrogens (primary N) is 1. The van der Waals surface area contributed by atoms with Crippen LogP contribution in [0.4, 0.5) is 5.95 Å². The van der Waals surface area contributed by atoms with Crippen LogP contribution in [-0.4, -0.2) is 27.6 Å². The highest BCUT2D eigenvalue weighted by Gasteiger charge is 2.40. The molecular formula is C20H20N6O2. The van der Waals surface area contributed by atoms with E-state index in [4.69, 9.17) is 10.5 Å². The van der Waals surface area contributed by atoms with Crippen molar-refractivity contribution in [3.63, 3.8) is 0 Å². The van der Waals surface area contributed by atoms with E-state index < -0.39 is 5.92 Å². The highest BCUT2D eigenvalue weighted by Crippen LogP contribution is 2.45. The lowest BCUT2D eigenvalue weighted by Gasteiger charge is -2.38. The van der Waals surface area contributed by atoms with Gasteiger partial charge in [0.05, 0.1) is 24.2 Å². The Hall–Kier alpha value is -3.60. The predicted molar refractivity (Wildman–Crippen MR) is 102 cm³/mol. The number of aromatic amines is 1. The van der Waals surface area contributed by atoms with Gasteiger partial charge in [0.15, 0.2) is 5.78 Å². The van der Waals surface area contributed by atoms with E-state index in [-0.39, 0.29) is 11.6 Å². The lowest BCUT2D eigenvalue weighted by Crippen LogP contribution is -2.39. The summed E-state index contributed by atoms with van der Waals surface area (Å²) in [6, 6.07) is 9.69. The fourth-order valence-electron chi connectivity index (χ4n) is 3.89. The van der Waals surface area contributed by atoms with E-state index in [2.05, 4.69) is 21.3 Å². The Bertz CT molecular complexity index is 998. The van der Waals surface area contributed by atoms with E-state index in [1.807, 2.05) is 31.2 Å². The van der Waals surface area contributed by atoms with E-state index in [0.29, 0.717) is 36.5 Å². The minimum atomic E-state index is -0.498. The summed E-state index contributed by atoms with van der Waals surface area (Å²) in [5.41, 5.74) is 8.96. The van der Waals surface area contributed by atoms with E-state index >= 15 is 0 Å². The van der Waals surface area contributed by atoms with Crippen molar-refractivity contribution in [3.8, 4) is 11.8 Å². The average molecular weight is 376 g/mol. The van der Waals surface area contributed by atoms with Gasteiger partial charge in [0.25, 0.3) is 0 Å². The molecule has 0 bridgehead atoms. The molecule has 2 aromatic rings. The first-order chi connectivity index (χ1) is 13.7. The average Bonchev–Trinajstić information content (AvgIpc) is 3.22. The number of nitrogens with one attached hydrogen (secondary N) is 1. The largest absolute Gasteiger partial charge is 0.494 e. The van der Waals surface area contributed by atoms with Crippen molar-refractivity contribution >= 4 is 11.7 Å². The quantitative estimate of drug-likeness (QED) is 0.841. The number of ether oxygens (including phenoxy) is 1. The number of allylic oxidation sites excluding steroid dienone is 3. The van der Waals surface area contributed by atoms with Crippen LogP contribution in [0.15, 0.2) is 53.3 Å². The van der Waals surface area contributed by atoms with Crippen LogP contribution in [0.5, 0.6) is 5.75 Å². The number of hydrogen-bond donors (Lipinski definition) is 2. The Morgan fingerprint density at radius 2 is 2.14 bits per heavy atom. The predicted octanol–water partition coefficient (Wildman–Crippen LogP) is 2.51. The van der Waals surface area contributed by atoms with E-state index in [0.717, 1.165) is 23.4 Å². The van der Waals surface area contributed by atoms with Gasteiger partial charge in [0.2, 0.25) is 5.95 Å². The molecule has 0 spiro atoms. The molecule has 1 unspecified atom stereocenters. The Morgan fingerprint density at radius 3 is 2.79 bits per heavy atom. The summed E-state index contributed by atoms with van der Waals surface area (Å²) >= 11 is 0. The highest BCUT2D eigenvalue weighted by atomic mass is 16.5. The second-order valence-electron chi connectivity index (χ2n) is 6.63. The van der Waals surface area contributed by atoms with Crippen LogP contribution >= 0.6 is 0 Å². The van der Waals surface area contributed by atoms with Gasteiger partial charge < -0.3 is 10.5 Å². The minimum absolute atomic E-state index is 0.0323. The molecule has 8 heteroatoms. The number of nitriles is 1. The Balaban J connectivity index is 1.88. The van der Waals surface area contributed by atoms with Gasteiger partial charge in [-0.2, -0.15) is 15.3 Å². The Kier molecular flexibility index (Phi) is 4.57. The van der Waals surface area contributed by atoms with Crippen molar-refractivity contribution in [1.82, 2.24) is 15.2 Å². The second kappa shape index (κ2) is 7.19. The van der Waals surface area contributed by atoms with Crippen LogP contribution in [0.25, 0.3) is 0 Å². The maximum absolute atomic E-state index is 12.9. The fourth-order valence-corrected chi connectivity index (χ4v) is 3.89. The molecule has 0 radical (unpaired) electrons. The molecule has 2 aliphatic rings. The van der Waals surface area contributed by atoms with Gasteiger partial charge in [0, 0.05) is 17.7 Å². The summed E-state index contributed by atoms with van der Waals surface area (Å²) < 4.78 is 5.51. The van der Waals surface area contributed by atoms with Crippen LogP contribution in [0.1, 0.15) is 37.7 Å². The first-order valence-corrected chi connectivity index (χ1v) is 9.20. The standard InChI is InChI=1S/C20H20N6O2/c1-2-28-13-8-6-12(7-9-13)17-14(10-21)19(22)26(20-23-11-24-25-20)15-4-3-5-16(27)18(15)17/h6-9,11,17H,2-5,22H2,1H3,(H,23,24,25). The molecule has 1 atom stereocenters. The van der Waals surface area contributed by atoms with Crippen LogP contribution in [0.3, 0.4) is 0 Å². The third kappa shape index (κ3) is 2.81. The van der Waals surface area contributed by atoms with Crippen molar-refractivity contribution in [2.75, 3.05) is 11.5 Å². The summed E-state index contributed by atoms with van der Waals surface area (Å²) in [5.74, 6) is 0.946. The van der Waals surface area contributed by atoms with Crippen molar-refractivity contribution in [2.24, 2.45) is 5.73 Å². The number of carbonyl (C=O) groups is 1. The fraction of sp³-hybridized carbons (Fsp3) is 0.300. The number of ketones is 1. The zero-order valence-electron chi connectivity index (χ0n) is 15.5. The van der Waals surface area contributed by atoms with Gasteiger partial charge in [-0.1, -0.05) is 12.1 Å². The summed E-state index contributed by atoms with van der Waals surface area (Å²) in [5, 5.41) is 16.6. The molecule has 4 rings (SSSR count). The number of Topliss-reactive ketones (excluding diaryl/α,β-unsaturated/α-hetero) is 1. The topological polar surface area (TPSA) is 121 Å². The molecule has 1 aromatic carbocycles. The second-order valence-corrected chi connectivity index (χ2v) is 6.63. The summed E-state index contributed by atoms with van der Waals surface area (Å²) in [7, 11) is 0. The number of carbonyl (C=O) groups excluding carboxylic acids is 1. The smallest absolute Gasteiger partial charge is 0.231 e. The zero-order valence-corrected chi connectivity index (χ0v) is 15.5. The molecule has 2 heterocycles. The molecule has 0 saturated carbocycles. The van der Waals surface area contributed by atoms with Gasteiger partial charge >= 0.3 is 0 Å². The Labute approximate surface area is 162 Å². The van der Waals surface area contributed by atoms with E-state index in [1.165, 1.54) is 6.33 Å². The normalized spacial score (nSPS) is 19.5. The van der Waals surface area contributed by atoms with E-state index in [1.54, 1.807) is 4.90 Å². The summed E-state index contributed by atoms with van der Waals surface area (Å²) in [6.45, 7) is 2.49. The van der Waals surface area contributed by atoms with Crippen LogP contribution < -0.4 is 15.4 Å². The van der Waals surface area contributed by atoms with Crippen molar-refractivity contribution < 1.29 is 9.53 Å². The lowest BCUT2D eigenvalue weighted by atomic mass is 9.76. The molecule has 1 aliphatic heterocycles. The monoisotopic (exact) mass is 376 g/mol. The number of rotatable bonds is 4. The van der Waals surface area contributed by atoms with Crippen LogP contribution in [0, 0.1) is 11.3 Å². The number of nitrogens with zero attached hydrogens (tertiary/aromatic N) is 4. The number of anilines is 1. The molecule has 0 fully saturated rings. The van der Waals surface area contributed by atoms with Crippen LogP contribution in [-0.2, 0) is 4.79 Å². The van der Waals surface area contributed by atoms with Crippen molar-refractivity contribution in [3.05, 3.63) is 58.8 Å². The molecule has 142 valence electrons. The first-order valence-electron chi connectivity index (χ1n) is 9.20. The number of benzene rings is 1. The molecule has 28 heavy (non-hydrogen) atoms. The number of aromatic nitrogens is 3. The number of hydrogen-bond acceptors (Lipinski definition) is 7. The summed E-state index contributed by atoms with van der Waals surface area (Å²) in [6.07, 6.45) is 3.23. The van der Waals surface area contributed by atoms with Gasteiger partial charge in [0.1, 0.15) is 17.9 Å². The van der Waals surface area contributed by atoms with Crippen molar-refractivity contribution in [1.29, 1.82) is 5.26 Å². The van der Waals surface area contributed by atoms with Gasteiger partial charge in [-0.3, -0.25) is 9.69 Å². The molecule has 0 amide bonds. The van der Waals surface area contributed by atoms with Gasteiger partial charge in [-0.05, 0) is 37.5 Å². The van der Waals surface area contributed by atoms with Crippen LogP contribution in [0.2, 0.25) is 0 Å². The third-order valence-electron chi connectivity index (χ3n) is 5.05. The van der Waals surface area contributed by atoms with Gasteiger partial charge in [-0.15, -0.1) is 0 Å². The van der Waals surface area contributed by atoms with Gasteiger partial charge in [-0.25, -0.2) is 5.10 Å². The minimum Gasteiger partial charge on any atom is -0.494 e. The van der Waals surface area contributed by atoms with Crippen molar-refractivity contribution in [2.45, 2.75) is 32.1 Å². The first kappa shape index (κ1) is 17.8. The maximum atomic E-state index is 12.9. The molecule has 3 N–H and O–H groups in total. The Morgan fingerprint density at radius 1 is 1.36 bits per heavy atom. The molecule has 1 aliphatic carbocycles. The summed E-state index contributed by atoms with van der Waals surface area (Å²) in [4.78, 5) is 18.8. The zero-order chi connectivity index (χ0) is 19.7. The number of H-pyrrole nitrogens is 1. The highest BCUT2D eigenvalue weighted by molar-refractivity contribution is 6.01.